The second kappa shape index (κ2) is 9.93. The van der Waals surface area contributed by atoms with Gasteiger partial charge in [-0.2, -0.15) is 0 Å². The fourth-order valence-corrected chi connectivity index (χ4v) is 6.50. The summed E-state index contributed by atoms with van der Waals surface area (Å²) in [6.07, 6.45) is -1.13. The summed E-state index contributed by atoms with van der Waals surface area (Å²) in [6.45, 7) is 5.45. The van der Waals surface area contributed by atoms with Gasteiger partial charge in [0.25, 0.3) is 5.91 Å². The number of anilines is 2. The number of carbonyl (C=O) groups excluding carboxylic acids is 3. The molecule has 37 heavy (non-hydrogen) atoms. The Hall–Kier alpha value is -2.62. The van der Waals surface area contributed by atoms with E-state index in [1.165, 1.54) is 16.4 Å². The number of hydrogen-bond acceptors (Lipinski definition) is 7. The zero-order chi connectivity index (χ0) is 26.6. The highest BCUT2D eigenvalue weighted by atomic mass is 35.5. The molecule has 2 fully saturated rings. The van der Waals surface area contributed by atoms with E-state index in [1.807, 2.05) is 6.92 Å². The standard InChI is InChI=1S/C26H21Cl3N2O5S/c1-4-35-26(34)19-12(2)13(3)37-25(19)30-23(32)20-21(17-10-7-15(28)11-18(17)29)31(36-22(20)24(30)33)16-8-5-14(27)6-9-16/h5-11,20-22H,4H2,1-3H3/t20-,21+,22+/m1/s1. The van der Waals surface area contributed by atoms with Crippen LogP contribution in [0.5, 0.6) is 0 Å². The molecule has 0 unspecified atom stereocenters. The van der Waals surface area contributed by atoms with E-state index in [0.717, 1.165) is 9.78 Å². The van der Waals surface area contributed by atoms with Crippen molar-refractivity contribution in [3.8, 4) is 0 Å². The fourth-order valence-electron chi connectivity index (χ4n) is 4.69. The Bertz CT molecular complexity index is 1420. The van der Waals surface area contributed by atoms with Crippen LogP contribution in [-0.4, -0.2) is 30.5 Å². The molecule has 2 aliphatic heterocycles. The molecular weight excluding hydrogens is 559 g/mol. The molecule has 2 saturated heterocycles. The number of amides is 2. The quantitative estimate of drug-likeness (QED) is 0.252. The van der Waals surface area contributed by atoms with Gasteiger partial charge in [0.05, 0.1) is 23.9 Å². The number of rotatable bonds is 5. The molecule has 2 amide bonds. The topological polar surface area (TPSA) is 76.2 Å². The number of hydrogen-bond donors (Lipinski definition) is 0. The predicted molar refractivity (Wildman–Crippen MR) is 144 cm³/mol. The summed E-state index contributed by atoms with van der Waals surface area (Å²) in [5.41, 5.74) is 2.04. The van der Waals surface area contributed by atoms with Crippen LogP contribution in [0.15, 0.2) is 42.5 Å². The summed E-state index contributed by atoms with van der Waals surface area (Å²) in [7, 11) is 0. The van der Waals surface area contributed by atoms with Crippen molar-refractivity contribution in [3.63, 3.8) is 0 Å². The molecule has 1 aromatic heterocycles. The van der Waals surface area contributed by atoms with Crippen molar-refractivity contribution in [2.45, 2.75) is 32.9 Å². The number of fused-ring (bicyclic) bond motifs is 1. The average molecular weight is 580 g/mol. The normalized spacial score (nSPS) is 21.1. The second-order valence-electron chi connectivity index (χ2n) is 8.66. The first kappa shape index (κ1) is 26.0. The lowest BCUT2D eigenvalue weighted by Gasteiger charge is -2.29. The van der Waals surface area contributed by atoms with Gasteiger partial charge in [-0.05, 0) is 68.3 Å². The molecule has 0 aliphatic carbocycles. The Morgan fingerprint density at radius 1 is 1.03 bits per heavy atom. The number of thiophene rings is 1. The lowest BCUT2D eigenvalue weighted by Crippen LogP contribution is -2.37. The molecule has 192 valence electrons. The summed E-state index contributed by atoms with van der Waals surface area (Å²) < 4.78 is 5.23. The largest absolute Gasteiger partial charge is 0.462 e. The Labute approximate surface area is 232 Å². The van der Waals surface area contributed by atoms with Crippen LogP contribution in [-0.2, 0) is 19.2 Å². The van der Waals surface area contributed by atoms with E-state index < -0.39 is 35.8 Å². The zero-order valence-electron chi connectivity index (χ0n) is 20.0. The van der Waals surface area contributed by atoms with E-state index in [1.54, 1.807) is 56.3 Å². The van der Waals surface area contributed by atoms with Crippen molar-refractivity contribution in [1.82, 2.24) is 0 Å². The number of esters is 1. The van der Waals surface area contributed by atoms with E-state index in [4.69, 9.17) is 44.4 Å². The summed E-state index contributed by atoms with van der Waals surface area (Å²) in [4.78, 5) is 48.6. The van der Waals surface area contributed by atoms with Crippen LogP contribution in [0.2, 0.25) is 15.1 Å². The van der Waals surface area contributed by atoms with Gasteiger partial charge < -0.3 is 4.74 Å². The highest BCUT2D eigenvalue weighted by Gasteiger charge is 2.61. The molecular formula is C26H21Cl3N2O5S. The number of ether oxygens (including phenoxy) is 1. The minimum atomic E-state index is -1.13. The van der Waals surface area contributed by atoms with Crippen LogP contribution >= 0.6 is 46.1 Å². The number of imide groups is 1. The Morgan fingerprint density at radius 3 is 2.35 bits per heavy atom. The van der Waals surface area contributed by atoms with Crippen molar-refractivity contribution in [1.29, 1.82) is 0 Å². The molecule has 3 heterocycles. The van der Waals surface area contributed by atoms with Crippen LogP contribution in [0.3, 0.4) is 0 Å². The molecule has 3 aromatic rings. The second-order valence-corrected chi connectivity index (χ2v) is 11.1. The molecule has 0 radical (unpaired) electrons. The van der Waals surface area contributed by atoms with Crippen molar-refractivity contribution in [2.75, 3.05) is 16.6 Å². The lowest BCUT2D eigenvalue weighted by molar-refractivity contribution is -0.126. The minimum absolute atomic E-state index is 0.163. The summed E-state index contributed by atoms with van der Waals surface area (Å²) in [5.74, 6) is -2.57. The molecule has 2 aromatic carbocycles. The van der Waals surface area contributed by atoms with Crippen LogP contribution < -0.4 is 9.96 Å². The Morgan fingerprint density at radius 2 is 1.70 bits per heavy atom. The Kier molecular flexibility index (Phi) is 6.98. The molecule has 2 aliphatic rings. The molecule has 5 rings (SSSR count). The summed E-state index contributed by atoms with van der Waals surface area (Å²) in [6, 6.07) is 11.1. The van der Waals surface area contributed by atoms with Gasteiger partial charge in [0.1, 0.15) is 10.9 Å². The van der Waals surface area contributed by atoms with Crippen molar-refractivity contribution >= 4 is 74.6 Å². The molecule has 0 bridgehead atoms. The third kappa shape index (κ3) is 4.30. The minimum Gasteiger partial charge on any atom is -0.462 e. The van der Waals surface area contributed by atoms with Crippen LogP contribution in [0.1, 0.15) is 39.3 Å². The maximum absolute atomic E-state index is 14.0. The van der Waals surface area contributed by atoms with Gasteiger partial charge in [0.2, 0.25) is 5.91 Å². The maximum Gasteiger partial charge on any atom is 0.341 e. The van der Waals surface area contributed by atoms with Crippen LogP contribution in [0.4, 0.5) is 10.7 Å². The van der Waals surface area contributed by atoms with Crippen LogP contribution in [0, 0.1) is 19.8 Å². The SMILES string of the molecule is CCOC(=O)c1c(N2C(=O)[C@H]3[C@H](ON(c4ccc(Cl)cc4)[C@H]3c3ccc(Cl)cc3Cl)C2=O)sc(C)c1C. The fraction of sp³-hybridized carbons (Fsp3) is 0.269. The number of carbonyl (C=O) groups is 3. The maximum atomic E-state index is 14.0. The van der Waals surface area contributed by atoms with E-state index in [9.17, 15) is 14.4 Å². The number of nitrogens with zero attached hydrogens (tertiary/aromatic N) is 2. The first-order valence-corrected chi connectivity index (χ1v) is 13.4. The van der Waals surface area contributed by atoms with Crippen molar-refractivity contribution in [3.05, 3.63) is 79.1 Å². The van der Waals surface area contributed by atoms with Gasteiger partial charge >= 0.3 is 5.97 Å². The highest BCUT2D eigenvalue weighted by Crippen LogP contribution is 2.51. The van der Waals surface area contributed by atoms with Crippen molar-refractivity contribution in [2.24, 2.45) is 5.92 Å². The predicted octanol–water partition coefficient (Wildman–Crippen LogP) is 6.55. The molecule has 0 spiro atoms. The first-order valence-electron chi connectivity index (χ1n) is 11.5. The van der Waals surface area contributed by atoms with E-state index in [2.05, 4.69) is 0 Å². The monoisotopic (exact) mass is 578 g/mol. The summed E-state index contributed by atoms with van der Waals surface area (Å²) >= 11 is 20.0. The van der Waals surface area contributed by atoms with Crippen molar-refractivity contribution < 1.29 is 24.0 Å². The molecule has 0 N–H and O–H groups in total. The third-order valence-electron chi connectivity index (χ3n) is 6.53. The number of hydroxylamine groups is 1. The number of halogens is 3. The van der Waals surface area contributed by atoms with Crippen LogP contribution in [0.25, 0.3) is 0 Å². The first-order chi connectivity index (χ1) is 17.6. The molecule has 11 heteroatoms. The van der Waals surface area contributed by atoms with E-state index in [-0.39, 0.29) is 17.2 Å². The molecule has 3 atom stereocenters. The highest BCUT2D eigenvalue weighted by molar-refractivity contribution is 7.17. The average Bonchev–Trinajstić information content (AvgIpc) is 3.45. The summed E-state index contributed by atoms with van der Waals surface area (Å²) in [5, 5.41) is 3.04. The molecule has 7 nitrogen and oxygen atoms in total. The van der Waals surface area contributed by atoms with E-state index in [0.29, 0.717) is 31.9 Å². The number of benzene rings is 2. The zero-order valence-corrected chi connectivity index (χ0v) is 23.0. The third-order valence-corrected chi connectivity index (χ3v) is 8.53. The molecule has 0 saturated carbocycles. The van der Waals surface area contributed by atoms with Gasteiger partial charge in [-0.1, -0.05) is 40.9 Å². The smallest absolute Gasteiger partial charge is 0.341 e. The van der Waals surface area contributed by atoms with Gasteiger partial charge in [0, 0.05) is 19.9 Å². The van der Waals surface area contributed by atoms with Gasteiger partial charge in [-0.25, -0.2) is 14.8 Å². The number of aryl methyl sites for hydroxylation is 1. The van der Waals surface area contributed by atoms with Gasteiger partial charge in [0.15, 0.2) is 6.10 Å². The van der Waals surface area contributed by atoms with E-state index >= 15 is 0 Å². The Balaban J connectivity index is 1.62. The van der Waals surface area contributed by atoms with Gasteiger partial charge in [-0.3, -0.25) is 14.4 Å². The lowest BCUT2D eigenvalue weighted by atomic mass is 9.90. The van der Waals surface area contributed by atoms with Gasteiger partial charge in [-0.15, -0.1) is 11.3 Å².